The fraction of sp³-hybridized carbons (Fsp3) is 0.154. The molecule has 0 unspecified atom stereocenters. The molecule has 0 spiro atoms. The number of anilines is 2. The molecule has 1 aromatic carbocycles. The summed E-state index contributed by atoms with van der Waals surface area (Å²) in [7, 11) is 3.14. The van der Waals surface area contributed by atoms with Gasteiger partial charge in [0, 0.05) is 24.7 Å². The summed E-state index contributed by atoms with van der Waals surface area (Å²) in [6, 6.07) is 3.03. The van der Waals surface area contributed by atoms with Gasteiger partial charge in [-0.3, -0.25) is 4.79 Å². The molecule has 0 saturated carbocycles. The van der Waals surface area contributed by atoms with E-state index in [0.29, 0.717) is 10.6 Å². The Labute approximate surface area is 142 Å². The molecule has 9 heteroatoms. The predicted octanol–water partition coefficient (Wildman–Crippen LogP) is 2.97. The number of carbonyl (C=O) groups excluding carboxylic acids is 1. The summed E-state index contributed by atoms with van der Waals surface area (Å²) in [5, 5.41) is 0.797. The Balaban J connectivity index is 2.72. The molecule has 0 aliphatic carbocycles. The van der Waals surface area contributed by atoms with Crippen LogP contribution in [0.25, 0.3) is 11.3 Å². The van der Waals surface area contributed by atoms with E-state index in [9.17, 15) is 4.79 Å². The zero-order valence-electron chi connectivity index (χ0n) is 11.7. The lowest BCUT2D eigenvalue weighted by Crippen LogP contribution is -2.25. The maximum absolute atomic E-state index is 12.1. The average molecular weight is 361 g/mol. The van der Waals surface area contributed by atoms with Crippen LogP contribution in [0.2, 0.25) is 15.1 Å². The zero-order valence-corrected chi connectivity index (χ0v) is 14.0. The topological polar surface area (TPSA) is 98.1 Å². The summed E-state index contributed by atoms with van der Waals surface area (Å²) >= 11 is 18.1. The second-order valence-corrected chi connectivity index (χ2v) is 5.86. The van der Waals surface area contributed by atoms with Crippen molar-refractivity contribution < 1.29 is 4.79 Å². The van der Waals surface area contributed by atoms with Gasteiger partial charge in [-0.2, -0.15) is 0 Å². The van der Waals surface area contributed by atoms with Crippen molar-refractivity contribution in [2.45, 2.75) is 0 Å². The molecule has 1 amide bonds. The van der Waals surface area contributed by atoms with Crippen LogP contribution in [0.3, 0.4) is 0 Å². The van der Waals surface area contributed by atoms with E-state index in [1.165, 1.54) is 17.0 Å². The lowest BCUT2D eigenvalue weighted by atomic mass is 10.1. The van der Waals surface area contributed by atoms with E-state index >= 15 is 0 Å². The van der Waals surface area contributed by atoms with Gasteiger partial charge in [-0.25, -0.2) is 9.97 Å². The van der Waals surface area contributed by atoms with Crippen LogP contribution in [0.4, 0.5) is 11.6 Å². The molecule has 0 saturated heterocycles. The van der Waals surface area contributed by atoms with Gasteiger partial charge >= 0.3 is 0 Å². The number of hydrogen-bond acceptors (Lipinski definition) is 5. The maximum Gasteiger partial charge on any atom is 0.275 e. The Morgan fingerprint density at radius 2 is 1.73 bits per heavy atom. The van der Waals surface area contributed by atoms with Gasteiger partial charge in [0.05, 0.1) is 10.0 Å². The molecule has 1 aromatic heterocycles. The fourth-order valence-corrected chi connectivity index (χ4v) is 2.45. The third-order valence-electron chi connectivity index (χ3n) is 2.81. The monoisotopic (exact) mass is 359 g/mol. The highest BCUT2D eigenvalue weighted by Gasteiger charge is 2.21. The molecule has 0 bridgehead atoms. The van der Waals surface area contributed by atoms with Gasteiger partial charge in [-0.1, -0.05) is 34.8 Å². The molecule has 4 N–H and O–H groups in total. The number of carbonyl (C=O) groups is 1. The molecule has 0 atom stereocenters. The van der Waals surface area contributed by atoms with E-state index in [4.69, 9.17) is 46.3 Å². The number of nitrogens with two attached hydrogens (primary N) is 2. The molecule has 2 rings (SSSR count). The molecular formula is C13H12Cl3N5O. The first-order chi connectivity index (χ1) is 10.2. The first-order valence-electron chi connectivity index (χ1n) is 6.02. The van der Waals surface area contributed by atoms with Crippen molar-refractivity contribution in [2.75, 3.05) is 25.6 Å². The van der Waals surface area contributed by atoms with Gasteiger partial charge in [0.15, 0.2) is 17.3 Å². The number of halogens is 3. The van der Waals surface area contributed by atoms with Crippen LogP contribution in [0, 0.1) is 0 Å². The lowest BCUT2D eigenvalue weighted by molar-refractivity contribution is 0.0823. The largest absolute Gasteiger partial charge is 0.382 e. The SMILES string of the molecule is CN(C)C(=O)c1nc(-c2cc(Cl)cc(Cl)c2Cl)c(N)nc1N. The highest BCUT2D eigenvalue weighted by atomic mass is 35.5. The van der Waals surface area contributed by atoms with E-state index in [-0.39, 0.29) is 33.1 Å². The molecule has 2 aromatic rings. The smallest absolute Gasteiger partial charge is 0.275 e. The van der Waals surface area contributed by atoms with Gasteiger partial charge in [0.2, 0.25) is 0 Å². The number of aromatic nitrogens is 2. The number of amides is 1. The van der Waals surface area contributed by atoms with Crippen LogP contribution in [-0.4, -0.2) is 34.9 Å². The molecule has 0 fully saturated rings. The third-order valence-corrected chi connectivity index (χ3v) is 3.83. The number of benzene rings is 1. The summed E-state index contributed by atoms with van der Waals surface area (Å²) in [6.07, 6.45) is 0. The van der Waals surface area contributed by atoms with Crippen LogP contribution in [0.5, 0.6) is 0 Å². The third kappa shape index (κ3) is 3.04. The number of hydrogen-bond donors (Lipinski definition) is 2. The molecule has 0 aliphatic rings. The highest BCUT2D eigenvalue weighted by molar-refractivity contribution is 6.45. The van der Waals surface area contributed by atoms with E-state index < -0.39 is 5.91 Å². The maximum atomic E-state index is 12.1. The number of nitrogens with zero attached hydrogens (tertiary/aromatic N) is 3. The van der Waals surface area contributed by atoms with E-state index in [0.717, 1.165) is 0 Å². The minimum atomic E-state index is -0.407. The van der Waals surface area contributed by atoms with Crippen molar-refractivity contribution in [3.05, 3.63) is 32.9 Å². The molecule has 1 heterocycles. The number of rotatable bonds is 2. The summed E-state index contributed by atoms with van der Waals surface area (Å²) in [6.45, 7) is 0. The molecule has 22 heavy (non-hydrogen) atoms. The minimum Gasteiger partial charge on any atom is -0.382 e. The van der Waals surface area contributed by atoms with Crippen molar-refractivity contribution in [2.24, 2.45) is 0 Å². The fourth-order valence-electron chi connectivity index (χ4n) is 1.76. The summed E-state index contributed by atoms with van der Waals surface area (Å²) in [5.74, 6) is -0.451. The van der Waals surface area contributed by atoms with Gasteiger partial charge in [0.25, 0.3) is 5.91 Å². The first-order valence-corrected chi connectivity index (χ1v) is 7.15. The van der Waals surface area contributed by atoms with Crippen LogP contribution >= 0.6 is 34.8 Å². The van der Waals surface area contributed by atoms with E-state index in [1.54, 1.807) is 14.1 Å². The quantitative estimate of drug-likeness (QED) is 0.802. The Morgan fingerprint density at radius 3 is 2.32 bits per heavy atom. The highest BCUT2D eigenvalue weighted by Crippen LogP contribution is 2.37. The summed E-state index contributed by atoms with van der Waals surface area (Å²) in [4.78, 5) is 21.6. The van der Waals surface area contributed by atoms with Crippen LogP contribution in [-0.2, 0) is 0 Å². The second-order valence-electron chi connectivity index (χ2n) is 4.64. The second kappa shape index (κ2) is 6.16. The van der Waals surface area contributed by atoms with Crippen LogP contribution in [0.1, 0.15) is 10.5 Å². The number of nitrogen functional groups attached to an aromatic ring is 2. The summed E-state index contributed by atoms with van der Waals surface area (Å²) in [5.41, 5.74) is 12.1. The van der Waals surface area contributed by atoms with Crippen molar-refractivity contribution in [3.63, 3.8) is 0 Å². The van der Waals surface area contributed by atoms with E-state index in [1.807, 2.05) is 0 Å². The van der Waals surface area contributed by atoms with Crippen molar-refractivity contribution in [1.82, 2.24) is 14.9 Å². The van der Waals surface area contributed by atoms with Gasteiger partial charge < -0.3 is 16.4 Å². The molecule has 116 valence electrons. The Kier molecular flexibility index (Phi) is 4.65. The predicted molar refractivity (Wildman–Crippen MR) is 89.3 cm³/mol. The Bertz CT molecular complexity index is 764. The Morgan fingerprint density at radius 1 is 1.09 bits per heavy atom. The van der Waals surface area contributed by atoms with Crippen LogP contribution < -0.4 is 11.5 Å². The van der Waals surface area contributed by atoms with Crippen molar-refractivity contribution in [1.29, 1.82) is 0 Å². The van der Waals surface area contributed by atoms with Crippen LogP contribution in [0.15, 0.2) is 12.1 Å². The lowest BCUT2D eigenvalue weighted by Gasteiger charge is -2.14. The summed E-state index contributed by atoms with van der Waals surface area (Å²) < 4.78 is 0. The molecule has 0 aliphatic heterocycles. The molecule has 6 nitrogen and oxygen atoms in total. The van der Waals surface area contributed by atoms with Crippen molar-refractivity contribution >= 4 is 52.3 Å². The van der Waals surface area contributed by atoms with Gasteiger partial charge in [-0.05, 0) is 12.1 Å². The molecule has 0 radical (unpaired) electrons. The van der Waals surface area contributed by atoms with Gasteiger partial charge in [0.1, 0.15) is 5.69 Å². The standard InChI is InChI=1S/C13H12Cl3N5O/c1-21(2)13(22)10-12(18)20-11(17)9(19-10)6-3-5(14)4-7(15)8(6)16/h3-4H,1-2H3,(H4,17,18,20). The van der Waals surface area contributed by atoms with E-state index in [2.05, 4.69) is 9.97 Å². The Hall–Kier alpha value is -1.76. The average Bonchev–Trinajstić information content (AvgIpc) is 2.42. The normalized spacial score (nSPS) is 10.6. The van der Waals surface area contributed by atoms with Crippen molar-refractivity contribution in [3.8, 4) is 11.3 Å². The minimum absolute atomic E-state index is 0.0213. The molecular weight excluding hydrogens is 349 g/mol. The zero-order chi connectivity index (χ0) is 16.6. The van der Waals surface area contributed by atoms with Gasteiger partial charge in [-0.15, -0.1) is 0 Å². The first kappa shape index (κ1) is 16.6.